The third kappa shape index (κ3) is 1.18. The van der Waals surface area contributed by atoms with E-state index in [2.05, 4.69) is 4.98 Å². The van der Waals surface area contributed by atoms with Crippen LogP contribution in [0.3, 0.4) is 0 Å². The van der Waals surface area contributed by atoms with Crippen molar-refractivity contribution in [2.75, 3.05) is 5.73 Å². The molecule has 0 spiro atoms. The molecule has 0 fully saturated rings. The number of fused-ring (bicyclic) bond motifs is 1. The van der Waals surface area contributed by atoms with Gasteiger partial charge in [0.25, 0.3) is 0 Å². The van der Waals surface area contributed by atoms with Crippen LogP contribution in [0.4, 0.5) is 9.52 Å². The topological polar surface area (TPSA) is 38.9 Å². The molecule has 68 valence electrons. The molecule has 0 saturated heterocycles. The summed E-state index contributed by atoms with van der Waals surface area (Å²) >= 11 is 1.33. The van der Waals surface area contributed by atoms with Crippen LogP contribution in [0.15, 0.2) is 6.07 Å². The van der Waals surface area contributed by atoms with E-state index in [1.54, 1.807) is 6.92 Å². The predicted octanol–water partition coefficient (Wildman–Crippen LogP) is 2.63. The van der Waals surface area contributed by atoms with E-state index in [0.29, 0.717) is 10.7 Å². The van der Waals surface area contributed by atoms with Gasteiger partial charge in [0.15, 0.2) is 5.13 Å². The molecule has 0 aliphatic rings. The smallest absolute Gasteiger partial charge is 0.181 e. The molecular weight excluding hydrogens is 187 g/mol. The molecule has 1 aromatic carbocycles. The van der Waals surface area contributed by atoms with E-state index in [1.165, 1.54) is 17.4 Å². The van der Waals surface area contributed by atoms with Gasteiger partial charge >= 0.3 is 0 Å². The van der Waals surface area contributed by atoms with E-state index in [4.69, 9.17) is 5.73 Å². The number of rotatable bonds is 0. The molecule has 0 atom stereocenters. The molecule has 4 heteroatoms. The van der Waals surface area contributed by atoms with Gasteiger partial charge in [0.1, 0.15) is 5.82 Å². The summed E-state index contributed by atoms with van der Waals surface area (Å²) in [4.78, 5) is 4.14. The molecule has 0 amide bonds. The molecule has 0 aliphatic heterocycles. The van der Waals surface area contributed by atoms with Crippen LogP contribution < -0.4 is 5.73 Å². The van der Waals surface area contributed by atoms with Gasteiger partial charge in [-0.15, -0.1) is 0 Å². The van der Waals surface area contributed by atoms with Crippen LogP contribution in [0.1, 0.15) is 11.1 Å². The number of hydrogen-bond donors (Lipinski definition) is 1. The van der Waals surface area contributed by atoms with Crippen LogP contribution in [0, 0.1) is 19.7 Å². The van der Waals surface area contributed by atoms with Crippen LogP contribution in [-0.4, -0.2) is 4.98 Å². The summed E-state index contributed by atoms with van der Waals surface area (Å²) in [6, 6.07) is 1.50. The summed E-state index contributed by atoms with van der Waals surface area (Å²) in [5.41, 5.74) is 7.86. The number of hydrogen-bond acceptors (Lipinski definition) is 3. The Bertz CT molecular complexity index is 476. The summed E-state index contributed by atoms with van der Waals surface area (Å²) in [5.74, 6) is -0.186. The fraction of sp³-hybridized carbons (Fsp3) is 0.222. The van der Waals surface area contributed by atoms with Crippen LogP contribution in [0.2, 0.25) is 0 Å². The van der Waals surface area contributed by atoms with Crippen molar-refractivity contribution in [1.82, 2.24) is 4.98 Å². The van der Waals surface area contributed by atoms with E-state index in [9.17, 15) is 4.39 Å². The van der Waals surface area contributed by atoms with E-state index < -0.39 is 0 Å². The summed E-state index contributed by atoms with van der Waals surface area (Å²) in [6.45, 7) is 3.58. The monoisotopic (exact) mass is 196 g/mol. The Morgan fingerprint density at radius 2 is 2.15 bits per heavy atom. The van der Waals surface area contributed by atoms with Gasteiger partial charge in [-0.2, -0.15) is 0 Å². The fourth-order valence-corrected chi connectivity index (χ4v) is 2.23. The van der Waals surface area contributed by atoms with Crippen molar-refractivity contribution in [2.24, 2.45) is 0 Å². The van der Waals surface area contributed by atoms with E-state index >= 15 is 0 Å². The number of nitrogens with two attached hydrogens (primary N) is 1. The molecule has 1 aromatic heterocycles. The lowest BCUT2D eigenvalue weighted by molar-refractivity contribution is 0.620. The molecule has 1 heterocycles. The number of anilines is 1. The second-order valence-corrected chi connectivity index (χ2v) is 4.06. The minimum absolute atomic E-state index is 0.186. The first-order chi connectivity index (χ1) is 6.09. The van der Waals surface area contributed by atoms with Crippen molar-refractivity contribution in [2.45, 2.75) is 13.8 Å². The van der Waals surface area contributed by atoms with Crippen molar-refractivity contribution < 1.29 is 4.39 Å². The van der Waals surface area contributed by atoms with Crippen molar-refractivity contribution >= 4 is 26.7 Å². The van der Waals surface area contributed by atoms with Crippen LogP contribution in [0.25, 0.3) is 10.2 Å². The summed E-state index contributed by atoms with van der Waals surface area (Å²) < 4.78 is 14.1. The Hall–Kier alpha value is -1.16. The molecule has 0 radical (unpaired) electrons. The van der Waals surface area contributed by atoms with Crippen molar-refractivity contribution in [3.8, 4) is 0 Å². The van der Waals surface area contributed by atoms with Crippen LogP contribution in [0.5, 0.6) is 0 Å². The second kappa shape index (κ2) is 2.67. The van der Waals surface area contributed by atoms with Gasteiger partial charge in [0.2, 0.25) is 0 Å². The molecule has 0 unspecified atom stereocenters. The van der Waals surface area contributed by atoms with E-state index in [-0.39, 0.29) is 5.82 Å². The van der Waals surface area contributed by atoms with Crippen LogP contribution >= 0.6 is 11.3 Å². The highest BCUT2D eigenvalue weighted by molar-refractivity contribution is 7.22. The molecule has 0 aliphatic carbocycles. The highest BCUT2D eigenvalue weighted by atomic mass is 32.1. The maximum Gasteiger partial charge on any atom is 0.181 e. The number of aromatic nitrogens is 1. The number of halogens is 1. The van der Waals surface area contributed by atoms with Crippen LogP contribution in [-0.2, 0) is 0 Å². The number of thiazole rings is 1. The Kier molecular flexibility index (Phi) is 1.73. The first-order valence-electron chi connectivity index (χ1n) is 3.91. The van der Waals surface area contributed by atoms with Crippen molar-refractivity contribution in [1.29, 1.82) is 0 Å². The Morgan fingerprint density at radius 3 is 2.85 bits per heavy atom. The highest BCUT2D eigenvalue weighted by Crippen LogP contribution is 2.30. The molecular formula is C9H9FN2S. The minimum atomic E-state index is -0.186. The first-order valence-corrected chi connectivity index (χ1v) is 4.73. The van der Waals surface area contributed by atoms with E-state index in [1.807, 2.05) is 6.92 Å². The zero-order valence-corrected chi connectivity index (χ0v) is 8.20. The normalized spacial score (nSPS) is 11.0. The predicted molar refractivity (Wildman–Crippen MR) is 53.5 cm³/mol. The fourth-order valence-electron chi connectivity index (χ4n) is 1.33. The number of aryl methyl sites for hydroxylation is 2. The Labute approximate surface area is 79.2 Å². The number of nitrogens with zero attached hydrogens (tertiary/aromatic N) is 1. The van der Waals surface area contributed by atoms with Gasteiger partial charge in [-0.05, 0) is 25.5 Å². The number of benzene rings is 1. The Morgan fingerprint density at radius 1 is 1.46 bits per heavy atom. The maximum atomic E-state index is 13.3. The zero-order chi connectivity index (χ0) is 9.59. The average molecular weight is 196 g/mol. The van der Waals surface area contributed by atoms with Crippen molar-refractivity contribution in [3.05, 3.63) is 23.0 Å². The number of nitrogen functional groups attached to an aromatic ring is 1. The Balaban J connectivity index is 2.95. The lowest BCUT2D eigenvalue weighted by Gasteiger charge is -1.99. The average Bonchev–Trinajstić information content (AvgIpc) is 2.44. The first kappa shape index (κ1) is 8.44. The largest absolute Gasteiger partial charge is 0.375 e. The van der Waals surface area contributed by atoms with Gasteiger partial charge in [0.05, 0.1) is 10.2 Å². The third-order valence-electron chi connectivity index (χ3n) is 2.06. The molecule has 13 heavy (non-hydrogen) atoms. The zero-order valence-electron chi connectivity index (χ0n) is 7.39. The van der Waals surface area contributed by atoms with Crippen molar-refractivity contribution in [3.63, 3.8) is 0 Å². The SMILES string of the molecule is Cc1cc(F)c(C)c2sc(N)nc12. The quantitative estimate of drug-likeness (QED) is 0.703. The second-order valence-electron chi connectivity index (χ2n) is 3.03. The van der Waals surface area contributed by atoms with Gasteiger partial charge in [0, 0.05) is 5.56 Å². The van der Waals surface area contributed by atoms with Gasteiger partial charge < -0.3 is 5.73 Å². The molecule has 2 aromatic rings. The summed E-state index contributed by atoms with van der Waals surface area (Å²) in [5, 5.41) is 0.492. The lowest BCUT2D eigenvalue weighted by atomic mass is 10.1. The van der Waals surface area contributed by atoms with Gasteiger partial charge in [-0.1, -0.05) is 11.3 Å². The maximum absolute atomic E-state index is 13.3. The van der Waals surface area contributed by atoms with E-state index in [0.717, 1.165) is 15.8 Å². The van der Waals surface area contributed by atoms with Gasteiger partial charge in [-0.25, -0.2) is 9.37 Å². The molecule has 0 saturated carbocycles. The molecule has 0 bridgehead atoms. The molecule has 2 N–H and O–H groups in total. The highest BCUT2D eigenvalue weighted by Gasteiger charge is 2.10. The van der Waals surface area contributed by atoms with Gasteiger partial charge in [-0.3, -0.25) is 0 Å². The molecule has 2 nitrogen and oxygen atoms in total. The minimum Gasteiger partial charge on any atom is -0.375 e. The lowest BCUT2D eigenvalue weighted by Crippen LogP contribution is -1.86. The summed E-state index contributed by atoms with van der Waals surface area (Å²) in [6.07, 6.45) is 0. The standard InChI is InChI=1S/C9H9FN2S/c1-4-3-6(10)5(2)8-7(4)12-9(11)13-8/h3H,1-2H3,(H2,11,12). The summed E-state index contributed by atoms with van der Waals surface area (Å²) in [7, 11) is 0. The molecule has 2 rings (SSSR count). The third-order valence-corrected chi connectivity index (χ3v) is 3.06.